The first-order valence-electron chi connectivity index (χ1n) is 8.58. The molecule has 1 heterocycles. The molecule has 0 saturated carbocycles. The van der Waals surface area contributed by atoms with Gasteiger partial charge in [0, 0.05) is 19.2 Å². The van der Waals surface area contributed by atoms with Crippen LogP contribution in [0.25, 0.3) is 0 Å². The molecule has 2 rings (SSSR count). The van der Waals surface area contributed by atoms with Crippen LogP contribution in [0.5, 0.6) is 0 Å². The Morgan fingerprint density at radius 2 is 2.00 bits per heavy atom. The van der Waals surface area contributed by atoms with Gasteiger partial charge in [0.15, 0.2) is 0 Å². The number of amides is 2. The summed E-state index contributed by atoms with van der Waals surface area (Å²) >= 11 is 0. The zero-order valence-electron chi connectivity index (χ0n) is 14.0. The number of urea groups is 1. The molecule has 1 unspecified atom stereocenters. The Morgan fingerprint density at radius 3 is 2.57 bits per heavy atom. The van der Waals surface area contributed by atoms with Gasteiger partial charge < -0.3 is 21.1 Å². The Bertz CT molecular complexity index is 499. The van der Waals surface area contributed by atoms with Crippen molar-refractivity contribution in [3.05, 3.63) is 35.4 Å². The molecule has 2 amide bonds. The van der Waals surface area contributed by atoms with E-state index in [1.54, 1.807) is 0 Å². The Balaban J connectivity index is 1.98. The minimum atomic E-state index is -0.464. The minimum Gasteiger partial charge on any atom is -0.396 e. The minimum absolute atomic E-state index is 0.0193. The number of hydrogen-bond donors (Lipinski definition) is 3. The molecule has 1 saturated heterocycles. The number of benzene rings is 1. The van der Waals surface area contributed by atoms with Crippen LogP contribution in [0.3, 0.4) is 0 Å². The van der Waals surface area contributed by atoms with E-state index in [-0.39, 0.29) is 12.6 Å². The fourth-order valence-corrected chi connectivity index (χ4v) is 3.39. The second kappa shape index (κ2) is 8.89. The summed E-state index contributed by atoms with van der Waals surface area (Å²) in [5.74, 6) is 0.426. The molecule has 0 aromatic heterocycles. The van der Waals surface area contributed by atoms with Gasteiger partial charge in [0.25, 0.3) is 0 Å². The fourth-order valence-electron chi connectivity index (χ4n) is 3.39. The number of primary amides is 1. The van der Waals surface area contributed by atoms with E-state index >= 15 is 0 Å². The molecular formula is C18H29N3O2. The van der Waals surface area contributed by atoms with Crippen LogP contribution in [0, 0.1) is 5.92 Å². The molecular weight excluding hydrogens is 290 g/mol. The normalized spacial score (nSPS) is 17.8. The number of rotatable bonds is 7. The van der Waals surface area contributed by atoms with E-state index in [9.17, 15) is 9.90 Å². The number of hydrogen-bond acceptors (Lipinski definition) is 3. The van der Waals surface area contributed by atoms with Gasteiger partial charge >= 0.3 is 6.03 Å². The average Bonchev–Trinajstić information content (AvgIpc) is 2.55. The molecule has 128 valence electrons. The van der Waals surface area contributed by atoms with Crippen molar-refractivity contribution in [1.82, 2.24) is 10.2 Å². The first-order chi connectivity index (χ1) is 11.1. The number of piperidine rings is 1. The maximum atomic E-state index is 11.4. The summed E-state index contributed by atoms with van der Waals surface area (Å²) in [7, 11) is 0. The summed E-state index contributed by atoms with van der Waals surface area (Å²) in [5.41, 5.74) is 7.96. The van der Waals surface area contributed by atoms with Gasteiger partial charge in [-0.25, -0.2) is 4.79 Å². The molecule has 0 spiro atoms. The molecule has 4 N–H and O–H groups in total. The van der Waals surface area contributed by atoms with Crippen LogP contribution in [0.4, 0.5) is 4.79 Å². The third-order valence-corrected chi connectivity index (χ3v) is 4.76. The van der Waals surface area contributed by atoms with Crippen molar-refractivity contribution < 1.29 is 9.90 Å². The Labute approximate surface area is 138 Å². The molecule has 0 aliphatic carbocycles. The van der Waals surface area contributed by atoms with Gasteiger partial charge in [-0.2, -0.15) is 0 Å². The highest BCUT2D eigenvalue weighted by atomic mass is 16.3. The van der Waals surface area contributed by atoms with Crippen molar-refractivity contribution in [2.45, 2.75) is 38.6 Å². The average molecular weight is 319 g/mol. The van der Waals surface area contributed by atoms with Gasteiger partial charge in [-0.15, -0.1) is 0 Å². The first kappa shape index (κ1) is 17.8. The summed E-state index contributed by atoms with van der Waals surface area (Å²) in [4.78, 5) is 13.7. The first-order valence-corrected chi connectivity index (χ1v) is 8.58. The summed E-state index contributed by atoms with van der Waals surface area (Å²) in [6, 6.07) is 7.93. The molecule has 1 aromatic carbocycles. The molecule has 1 atom stereocenters. The fraction of sp³-hybridized carbons (Fsp3) is 0.611. The summed E-state index contributed by atoms with van der Waals surface area (Å²) in [6.07, 6.45) is 3.82. The Morgan fingerprint density at radius 1 is 1.35 bits per heavy atom. The molecule has 0 radical (unpaired) electrons. The molecule has 5 heteroatoms. The van der Waals surface area contributed by atoms with E-state index in [1.807, 2.05) is 6.07 Å². The lowest BCUT2D eigenvalue weighted by molar-refractivity contribution is 0.124. The number of aryl methyl sites for hydroxylation is 1. The van der Waals surface area contributed by atoms with E-state index in [0.29, 0.717) is 5.92 Å². The van der Waals surface area contributed by atoms with Crippen molar-refractivity contribution in [2.75, 3.05) is 26.2 Å². The van der Waals surface area contributed by atoms with Gasteiger partial charge in [0.1, 0.15) is 0 Å². The molecule has 0 bridgehead atoms. The molecule has 1 aliphatic heterocycles. The number of aliphatic hydroxyl groups excluding tert-OH is 1. The largest absolute Gasteiger partial charge is 0.396 e. The van der Waals surface area contributed by atoms with Crippen LogP contribution in [0.2, 0.25) is 0 Å². The molecule has 23 heavy (non-hydrogen) atoms. The third-order valence-electron chi connectivity index (χ3n) is 4.76. The van der Waals surface area contributed by atoms with Crippen molar-refractivity contribution >= 4 is 6.03 Å². The summed E-state index contributed by atoms with van der Waals surface area (Å²) in [5, 5.41) is 12.1. The van der Waals surface area contributed by atoms with E-state index < -0.39 is 6.03 Å². The SMILES string of the molecule is CCc1ccccc1CC(CN1CCC(CO)CC1)NC(N)=O. The summed E-state index contributed by atoms with van der Waals surface area (Å²) in [6.45, 7) is 5.17. The maximum Gasteiger partial charge on any atom is 0.312 e. The van der Waals surface area contributed by atoms with Crippen LogP contribution in [-0.2, 0) is 12.8 Å². The highest BCUT2D eigenvalue weighted by Gasteiger charge is 2.22. The zero-order chi connectivity index (χ0) is 16.7. The molecule has 1 fully saturated rings. The number of nitrogens with zero attached hydrogens (tertiary/aromatic N) is 1. The number of nitrogens with two attached hydrogens (primary N) is 1. The number of likely N-dealkylation sites (tertiary alicyclic amines) is 1. The smallest absolute Gasteiger partial charge is 0.312 e. The van der Waals surface area contributed by atoms with Crippen LogP contribution in [0.1, 0.15) is 30.9 Å². The van der Waals surface area contributed by atoms with Crippen molar-refractivity contribution in [3.8, 4) is 0 Å². The molecule has 1 aromatic rings. The van der Waals surface area contributed by atoms with Gasteiger partial charge in [-0.05, 0) is 55.8 Å². The van der Waals surface area contributed by atoms with E-state index in [1.165, 1.54) is 11.1 Å². The van der Waals surface area contributed by atoms with Crippen molar-refractivity contribution in [2.24, 2.45) is 11.7 Å². The highest BCUT2D eigenvalue weighted by Crippen LogP contribution is 2.18. The molecule has 1 aliphatic rings. The quantitative estimate of drug-likeness (QED) is 0.713. The van der Waals surface area contributed by atoms with Gasteiger partial charge in [0.2, 0.25) is 0 Å². The maximum absolute atomic E-state index is 11.4. The molecule has 5 nitrogen and oxygen atoms in total. The van der Waals surface area contributed by atoms with Crippen LogP contribution in [0.15, 0.2) is 24.3 Å². The number of aliphatic hydroxyl groups is 1. The van der Waals surface area contributed by atoms with E-state index in [0.717, 1.165) is 45.3 Å². The van der Waals surface area contributed by atoms with Gasteiger partial charge in [-0.1, -0.05) is 31.2 Å². The van der Waals surface area contributed by atoms with Crippen molar-refractivity contribution in [1.29, 1.82) is 0 Å². The summed E-state index contributed by atoms with van der Waals surface area (Å²) < 4.78 is 0. The van der Waals surface area contributed by atoms with Crippen LogP contribution < -0.4 is 11.1 Å². The monoisotopic (exact) mass is 319 g/mol. The predicted molar refractivity (Wildman–Crippen MR) is 92.3 cm³/mol. The lowest BCUT2D eigenvalue weighted by Gasteiger charge is -2.34. The third kappa shape index (κ3) is 5.52. The lowest BCUT2D eigenvalue weighted by atomic mass is 9.95. The van der Waals surface area contributed by atoms with Crippen LogP contribution in [-0.4, -0.2) is 48.3 Å². The number of carbonyl (C=O) groups is 1. The second-order valence-corrected chi connectivity index (χ2v) is 6.46. The van der Waals surface area contributed by atoms with E-state index in [4.69, 9.17) is 5.73 Å². The second-order valence-electron chi connectivity index (χ2n) is 6.46. The predicted octanol–water partition coefficient (Wildman–Crippen LogP) is 1.53. The topological polar surface area (TPSA) is 78.6 Å². The zero-order valence-corrected chi connectivity index (χ0v) is 14.0. The van der Waals surface area contributed by atoms with Crippen LogP contribution >= 0.6 is 0 Å². The standard InChI is InChI=1S/C18H29N3O2/c1-2-15-5-3-4-6-16(15)11-17(20-18(19)23)12-21-9-7-14(13-22)8-10-21/h3-6,14,17,22H,2,7-13H2,1H3,(H3,19,20,23). The van der Waals surface area contributed by atoms with Crippen molar-refractivity contribution in [3.63, 3.8) is 0 Å². The Kier molecular flexibility index (Phi) is 6.86. The number of nitrogens with one attached hydrogen (secondary N) is 1. The van der Waals surface area contributed by atoms with Gasteiger partial charge in [-0.3, -0.25) is 0 Å². The van der Waals surface area contributed by atoms with Gasteiger partial charge in [0.05, 0.1) is 0 Å². The van der Waals surface area contributed by atoms with E-state index in [2.05, 4.69) is 35.3 Å². The number of carbonyl (C=O) groups excluding carboxylic acids is 1. The highest BCUT2D eigenvalue weighted by molar-refractivity contribution is 5.72. The Hall–Kier alpha value is -1.59. The lowest BCUT2D eigenvalue weighted by Crippen LogP contribution is -2.49.